The Kier molecular flexibility index (Phi) is 5.36. The van der Waals surface area contributed by atoms with Gasteiger partial charge in [-0.25, -0.2) is 0 Å². The van der Waals surface area contributed by atoms with Gasteiger partial charge in [-0.15, -0.1) is 0 Å². The van der Waals surface area contributed by atoms with Crippen LogP contribution < -0.4 is 0 Å². The first-order chi connectivity index (χ1) is 4.66. The summed E-state index contributed by atoms with van der Waals surface area (Å²) >= 11 is 5.70. The van der Waals surface area contributed by atoms with Gasteiger partial charge in [0.15, 0.2) is 0 Å². The van der Waals surface area contributed by atoms with E-state index in [-0.39, 0.29) is 0 Å². The smallest absolute Gasteiger partial charge is 0.0360 e. The third kappa shape index (κ3) is 5.86. The molecule has 0 bridgehead atoms. The van der Waals surface area contributed by atoms with Crippen molar-refractivity contribution in [2.75, 3.05) is 20.6 Å². The number of likely N-dealkylation sites (N-methyl/N-ethyl adjacent to an activating group) is 1. The molecule has 10 heavy (non-hydrogen) atoms. The predicted octanol–water partition coefficient (Wildman–Crippen LogP) is 2.25. The SMILES string of the molecule is C/C=C(Cl)\C=C/CN(C)C. The first-order valence-corrected chi connectivity index (χ1v) is 3.67. The zero-order chi connectivity index (χ0) is 7.98. The fraction of sp³-hybridized carbons (Fsp3) is 0.500. The van der Waals surface area contributed by atoms with Crippen LogP contribution in [0.3, 0.4) is 0 Å². The van der Waals surface area contributed by atoms with Crippen LogP contribution in [0.25, 0.3) is 0 Å². The van der Waals surface area contributed by atoms with Gasteiger partial charge in [-0.1, -0.05) is 23.8 Å². The first-order valence-electron chi connectivity index (χ1n) is 3.30. The van der Waals surface area contributed by atoms with Gasteiger partial charge in [-0.3, -0.25) is 0 Å². The summed E-state index contributed by atoms with van der Waals surface area (Å²) in [5.74, 6) is 0. The Hall–Kier alpha value is -0.270. The Bertz CT molecular complexity index is 136. The lowest BCUT2D eigenvalue weighted by Crippen LogP contribution is -2.10. The van der Waals surface area contributed by atoms with Crippen molar-refractivity contribution in [2.45, 2.75) is 6.92 Å². The van der Waals surface area contributed by atoms with E-state index in [0.717, 1.165) is 11.6 Å². The van der Waals surface area contributed by atoms with Crippen LogP contribution in [0.1, 0.15) is 6.92 Å². The molecule has 58 valence electrons. The maximum atomic E-state index is 5.70. The van der Waals surface area contributed by atoms with Crippen molar-refractivity contribution in [3.05, 3.63) is 23.3 Å². The molecule has 0 unspecified atom stereocenters. The Morgan fingerprint density at radius 2 is 2.10 bits per heavy atom. The predicted molar refractivity (Wildman–Crippen MR) is 47.3 cm³/mol. The molecule has 0 saturated heterocycles. The van der Waals surface area contributed by atoms with E-state index in [1.54, 1.807) is 0 Å². The van der Waals surface area contributed by atoms with Gasteiger partial charge in [-0.2, -0.15) is 0 Å². The summed E-state index contributed by atoms with van der Waals surface area (Å²) in [6.07, 6.45) is 5.80. The van der Waals surface area contributed by atoms with E-state index >= 15 is 0 Å². The summed E-state index contributed by atoms with van der Waals surface area (Å²) in [6, 6.07) is 0. The van der Waals surface area contributed by atoms with Crippen molar-refractivity contribution in [3.63, 3.8) is 0 Å². The van der Waals surface area contributed by atoms with Crippen LogP contribution >= 0.6 is 11.6 Å². The standard InChI is InChI=1S/C8H14ClN/c1-4-8(9)6-5-7-10(2)3/h4-6H,7H2,1-3H3/b6-5-,8-4+. The molecule has 0 aromatic rings. The summed E-state index contributed by atoms with van der Waals surface area (Å²) in [5.41, 5.74) is 0. The first kappa shape index (κ1) is 9.73. The van der Waals surface area contributed by atoms with Crippen LogP contribution in [0.5, 0.6) is 0 Å². The second-order valence-electron chi connectivity index (χ2n) is 2.34. The summed E-state index contributed by atoms with van der Waals surface area (Å²) in [4.78, 5) is 2.08. The van der Waals surface area contributed by atoms with Crippen LogP contribution in [-0.2, 0) is 0 Å². The minimum Gasteiger partial charge on any atom is -0.306 e. The fourth-order valence-corrected chi connectivity index (χ4v) is 0.561. The third-order valence-corrected chi connectivity index (χ3v) is 1.37. The highest BCUT2D eigenvalue weighted by molar-refractivity contribution is 6.31. The topological polar surface area (TPSA) is 3.24 Å². The van der Waals surface area contributed by atoms with E-state index in [4.69, 9.17) is 11.6 Å². The van der Waals surface area contributed by atoms with Gasteiger partial charge in [-0.05, 0) is 27.1 Å². The molecule has 0 aliphatic rings. The van der Waals surface area contributed by atoms with E-state index in [1.807, 2.05) is 39.2 Å². The minimum absolute atomic E-state index is 0.793. The maximum Gasteiger partial charge on any atom is 0.0360 e. The molecule has 0 saturated carbocycles. The average Bonchev–Trinajstić information content (AvgIpc) is 1.87. The van der Waals surface area contributed by atoms with Crippen molar-refractivity contribution in [2.24, 2.45) is 0 Å². The largest absolute Gasteiger partial charge is 0.306 e. The lowest BCUT2D eigenvalue weighted by molar-refractivity contribution is 0.456. The van der Waals surface area contributed by atoms with E-state index in [9.17, 15) is 0 Å². The summed E-state index contributed by atoms with van der Waals surface area (Å²) in [7, 11) is 4.04. The molecule has 0 atom stereocenters. The highest BCUT2D eigenvalue weighted by atomic mass is 35.5. The number of hydrogen-bond acceptors (Lipinski definition) is 1. The van der Waals surface area contributed by atoms with E-state index in [2.05, 4.69) is 4.90 Å². The minimum atomic E-state index is 0.793. The number of allylic oxidation sites excluding steroid dienone is 3. The second kappa shape index (κ2) is 5.51. The lowest BCUT2D eigenvalue weighted by Gasteiger charge is -2.02. The summed E-state index contributed by atoms with van der Waals surface area (Å²) < 4.78 is 0. The molecule has 2 heteroatoms. The van der Waals surface area contributed by atoms with Crippen molar-refractivity contribution in [1.82, 2.24) is 4.90 Å². The van der Waals surface area contributed by atoms with Gasteiger partial charge in [0.2, 0.25) is 0 Å². The highest BCUT2D eigenvalue weighted by Crippen LogP contribution is 2.01. The van der Waals surface area contributed by atoms with Crippen LogP contribution in [0.4, 0.5) is 0 Å². The van der Waals surface area contributed by atoms with Gasteiger partial charge in [0.05, 0.1) is 0 Å². The third-order valence-electron chi connectivity index (χ3n) is 1.02. The molecule has 0 radical (unpaired) electrons. The molecule has 0 fully saturated rings. The Labute approximate surface area is 68.0 Å². The molecule has 0 amide bonds. The highest BCUT2D eigenvalue weighted by Gasteiger charge is 1.82. The normalized spacial score (nSPS) is 13.5. The Morgan fingerprint density at radius 3 is 2.50 bits per heavy atom. The van der Waals surface area contributed by atoms with Crippen LogP contribution in [0.2, 0.25) is 0 Å². The molecule has 0 spiro atoms. The zero-order valence-corrected chi connectivity index (χ0v) is 7.52. The molecular weight excluding hydrogens is 146 g/mol. The molecule has 0 aromatic carbocycles. The van der Waals surface area contributed by atoms with Gasteiger partial charge >= 0.3 is 0 Å². The molecule has 0 N–H and O–H groups in total. The fourth-order valence-electron chi connectivity index (χ4n) is 0.472. The van der Waals surface area contributed by atoms with Gasteiger partial charge in [0.25, 0.3) is 0 Å². The molecule has 0 aromatic heterocycles. The maximum absolute atomic E-state index is 5.70. The van der Waals surface area contributed by atoms with Crippen molar-refractivity contribution in [3.8, 4) is 0 Å². The molecule has 0 aliphatic heterocycles. The number of rotatable bonds is 3. The van der Waals surface area contributed by atoms with Crippen LogP contribution in [0.15, 0.2) is 23.3 Å². The van der Waals surface area contributed by atoms with Gasteiger partial charge in [0.1, 0.15) is 0 Å². The number of hydrogen-bond donors (Lipinski definition) is 0. The van der Waals surface area contributed by atoms with Crippen LogP contribution in [0, 0.1) is 0 Å². The monoisotopic (exact) mass is 159 g/mol. The number of halogens is 1. The molecule has 0 heterocycles. The second-order valence-corrected chi connectivity index (χ2v) is 2.77. The quantitative estimate of drug-likeness (QED) is 0.571. The summed E-state index contributed by atoms with van der Waals surface area (Å²) in [6.45, 7) is 2.85. The van der Waals surface area contributed by atoms with E-state index in [0.29, 0.717) is 0 Å². The van der Waals surface area contributed by atoms with E-state index in [1.165, 1.54) is 0 Å². The molecule has 0 aliphatic carbocycles. The molecular formula is C8H14ClN. The summed E-state index contributed by atoms with van der Waals surface area (Å²) in [5, 5.41) is 0.793. The lowest BCUT2D eigenvalue weighted by atomic mass is 10.4. The van der Waals surface area contributed by atoms with Gasteiger partial charge < -0.3 is 4.90 Å². The molecule has 1 nitrogen and oxygen atoms in total. The van der Waals surface area contributed by atoms with Crippen molar-refractivity contribution < 1.29 is 0 Å². The molecule has 0 rings (SSSR count). The van der Waals surface area contributed by atoms with E-state index < -0.39 is 0 Å². The Balaban J connectivity index is 3.56. The average molecular weight is 160 g/mol. The number of nitrogens with zero attached hydrogens (tertiary/aromatic N) is 1. The van der Waals surface area contributed by atoms with Crippen LogP contribution in [-0.4, -0.2) is 25.5 Å². The Morgan fingerprint density at radius 1 is 1.50 bits per heavy atom. The van der Waals surface area contributed by atoms with Crippen molar-refractivity contribution >= 4 is 11.6 Å². The van der Waals surface area contributed by atoms with Gasteiger partial charge in [0, 0.05) is 11.6 Å². The van der Waals surface area contributed by atoms with Crippen molar-refractivity contribution in [1.29, 1.82) is 0 Å². The zero-order valence-electron chi connectivity index (χ0n) is 6.76.